The third-order valence-corrected chi connectivity index (χ3v) is 4.18. The molecule has 0 aliphatic carbocycles. The van der Waals surface area contributed by atoms with Gasteiger partial charge in [-0.05, 0) is 30.3 Å². The van der Waals surface area contributed by atoms with Gasteiger partial charge in [0.15, 0.2) is 11.6 Å². The molecular weight excluding hydrogens is 345 g/mol. The van der Waals surface area contributed by atoms with Gasteiger partial charge in [-0.1, -0.05) is 12.1 Å². The number of pyridine rings is 2. The van der Waals surface area contributed by atoms with Gasteiger partial charge in [-0.2, -0.15) is 0 Å². The first-order chi connectivity index (χ1) is 13.2. The number of aromatic amines is 1. The summed E-state index contributed by atoms with van der Waals surface area (Å²) in [5.74, 6) is 0.804. The number of ether oxygens (including phenoxy) is 1. The zero-order valence-electron chi connectivity index (χ0n) is 14.5. The van der Waals surface area contributed by atoms with E-state index in [1.165, 1.54) is 13.2 Å². The Morgan fingerprint density at radius 3 is 2.59 bits per heavy atom. The number of nitrogens with two attached hydrogens (primary N) is 1. The molecule has 4 aromatic rings. The second-order valence-corrected chi connectivity index (χ2v) is 5.84. The Balaban J connectivity index is 1.93. The second kappa shape index (κ2) is 6.87. The van der Waals surface area contributed by atoms with E-state index in [9.17, 15) is 4.39 Å². The molecule has 3 N–H and O–H groups in total. The number of nitrogens with one attached hydrogen (secondary N) is 1. The summed E-state index contributed by atoms with van der Waals surface area (Å²) in [6.07, 6.45) is 4.99. The molecule has 3 heterocycles. The maximum atomic E-state index is 14.3. The normalized spacial score (nSPS) is 10.7. The van der Waals surface area contributed by atoms with Crippen molar-refractivity contribution < 1.29 is 9.13 Å². The van der Waals surface area contributed by atoms with E-state index in [4.69, 9.17) is 10.5 Å². The van der Waals surface area contributed by atoms with Crippen LogP contribution in [0, 0.1) is 5.82 Å². The van der Waals surface area contributed by atoms with Gasteiger partial charge in [-0.15, -0.1) is 0 Å². The maximum Gasteiger partial charge on any atom is 0.166 e. The van der Waals surface area contributed by atoms with Crippen LogP contribution in [0.2, 0.25) is 0 Å². The molecule has 0 aliphatic rings. The lowest BCUT2D eigenvalue weighted by Crippen LogP contribution is -1.96. The lowest BCUT2D eigenvalue weighted by molar-refractivity contribution is 0.415. The number of rotatable bonds is 4. The number of methoxy groups -OCH3 is 1. The number of imidazole rings is 1. The molecule has 0 atom stereocenters. The minimum atomic E-state index is -0.355. The zero-order chi connectivity index (χ0) is 18.8. The van der Waals surface area contributed by atoms with Gasteiger partial charge < -0.3 is 15.5 Å². The topological polar surface area (TPSA) is 89.7 Å². The van der Waals surface area contributed by atoms with E-state index in [1.54, 1.807) is 42.9 Å². The van der Waals surface area contributed by atoms with Crippen LogP contribution in [0.15, 0.2) is 61.1 Å². The van der Waals surface area contributed by atoms with Crippen molar-refractivity contribution in [2.45, 2.75) is 0 Å². The van der Waals surface area contributed by atoms with E-state index in [0.29, 0.717) is 28.4 Å². The monoisotopic (exact) mass is 361 g/mol. The lowest BCUT2D eigenvalue weighted by Gasteiger charge is -2.07. The first-order valence-corrected chi connectivity index (χ1v) is 8.22. The minimum Gasteiger partial charge on any atom is -0.493 e. The van der Waals surface area contributed by atoms with Crippen molar-refractivity contribution in [3.8, 4) is 39.7 Å². The van der Waals surface area contributed by atoms with Crippen molar-refractivity contribution >= 4 is 5.82 Å². The summed E-state index contributed by atoms with van der Waals surface area (Å²) in [5, 5.41) is 0. The molecule has 0 aliphatic heterocycles. The Hall–Kier alpha value is -3.74. The van der Waals surface area contributed by atoms with Gasteiger partial charge in [-0.3, -0.25) is 4.98 Å². The molecule has 0 bridgehead atoms. The number of benzene rings is 1. The summed E-state index contributed by atoms with van der Waals surface area (Å²) in [4.78, 5) is 16.1. The molecule has 0 radical (unpaired) electrons. The minimum absolute atomic E-state index is 0.288. The fourth-order valence-corrected chi connectivity index (χ4v) is 2.84. The zero-order valence-corrected chi connectivity index (χ0v) is 14.5. The number of nitrogens with zero attached hydrogens (tertiary/aromatic N) is 3. The van der Waals surface area contributed by atoms with Gasteiger partial charge >= 0.3 is 0 Å². The van der Waals surface area contributed by atoms with Crippen molar-refractivity contribution in [3.63, 3.8) is 0 Å². The molecule has 6 nitrogen and oxygen atoms in total. The number of aromatic nitrogens is 4. The summed E-state index contributed by atoms with van der Waals surface area (Å²) >= 11 is 0. The highest BCUT2D eigenvalue weighted by Crippen LogP contribution is 2.35. The van der Waals surface area contributed by atoms with E-state index < -0.39 is 0 Å². The quantitative estimate of drug-likeness (QED) is 0.575. The average molecular weight is 361 g/mol. The van der Waals surface area contributed by atoms with Crippen molar-refractivity contribution in [2.24, 2.45) is 0 Å². The molecule has 1 aromatic carbocycles. The maximum absolute atomic E-state index is 14.3. The van der Waals surface area contributed by atoms with E-state index >= 15 is 0 Å². The van der Waals surface area contributed by atoms with Crippen LogP contribution in [-0.2, 0) is 0 Å². The van der Waals surface area contributed by atoms with E-state index in [2.05, 4.69) is 19.9 Å². The van der Waals surface area contributed by atoms with Crippen molar-refractivity contribution in [3.05, 3.63) is 66.9 Å². The van der Waals surface area contributed by atoms with Crippen LogP contribution in [-0.4, -0.2) is 27.0 Å². The standard InChI is InChI=1S/C20H16FN5O/c1-27-16-10-13(11-24-19(16)22)18-17(12-6-8-23-9-7-12)25-20(26-18)14-4-2-3-5-15(14)21/h2-11H,1H3,(H2,22,24)(H,25,26). The molecule has 0 unspecified atom stereocenters. The Labute approximate surface area is 154 Å². The van der Waals surface area contributed by atoms with Gasteiger partial charge in [0.2, 0.25) is 0 Å². The summed E-state index contributed by atoms with van der Waals surface area (Å²) < 4.78 is 19.5. The van der Waals surface area contributed by atoms with E-state index in [-0.39, 0.29) is 11.6 Å². The third kappa shape index (κ3) is 3.10. The SMILES string of the molecule is COc1cc(-c2nc(-c3ccccc3F)[nH]c2-c2ccncc2)cnc1N. The highest BCUT2D eigenvalue weighted by atomic mass is 19.1. The molecule has 7 heteroatoms. The molecule has 0 saturated carbocycles. The highest BCUT2D eigenvalue weighted by Gasteiger charge is 2.18. The Bertz CT molecular complexity index is 1090. The number of anilines is 1. The van der Waals surface area contributed by atoms with Crippen LogP contribution in [0.4, 0.5) is 10.2 Å². The second-order valence-electron chi connectivity index (χ2n) is 5.84. The number of halogens is 1. The van der Waals surface area contributed by atoms with Crippen LogP contribution in [0.25, 0.3) is 33.9 Å². The van der Waals surface area contributed by atoms with Crippen LogP contribution in [0.5, 0.6) is 5.75 Å². The molecule has 3 aromatic heterocycles. The fraction of sp³-hybridized carbons (Fsp3) is 0.0500. The summed E-state index contributed by atoms with van der Waals surface area (Å²) in [6, 6.07) is 11.9. The van der Waals surface area contributed by atoms with Crippen molar-refractivity contribution in [1.29, 1.82) is 0 Å². The average Bonchev–Trinajstić information content (AvgIpc) is 3.14. The molecule has 0 amide bonds. The first-order valence-electron chi connectivity index (χ1n) is 8.22. The summed E-state index contributed by atoms with van der Waals surface area (Å²) in [6.45, 7) is 0. The van der Waals surface area contributed by atoms with Gasteiger partial charge in [0.25, 0.3) is 0 Å². The Morgan fingerprint density at radius 2 is 1.85 bits per heavy atom. The number of hydrogen-bond donors (Lipinski definition) is 2. The van der Waals surface area contributed by atoms with E-state index in [0.717, 1.165) is 11.3 Å². The van der Waals surface area contributed by atoms with Crippen molar-refractivity contribution in [2.75, 3.05) is 12.8 Å². The van der Waals surface area contributed by atoms with Crippen LogP contribution < -0.4 is 10.5 Å². The third-order valence-electron chi connectivity index (χ3n) is 4.18. The predicted octanol–water partition coefficient (Wildman–Crippen LogP) is 3.93. The highest BCUT2D eigenvalue weighted by molar-refractivity contribution is 5.81. The largest absolute Gasteiger partial charge is 0.493 e. The molecule has 0 spiro atoms. The Morgan fingerprint density at radius 1 is 1.07 bits per heavy atom. The van der Waals surface area contributed by atoms with Gasteiger partial charge in [-0.25, -0.2) is 14.4 Å². The molecule has 0 fully saturated rings. The van der Waals surface area contributed by atoms with Gasteiger partial charge in [0, 0.05) is 29.7 Å². The fourth-order valence-electron chi connectivity index (χ4n) is 2.84. The molecular formula is C20H16FN5O. The lowest BCUT2D eigenvalue weighted by atomic mass is 10.1. The number of hydrogen-bond acceptors (Lipinski definition) is 5. The summed E-state index contributed by atoms with van der Waals surface area (Å²) in [7, 11) is 1.52. The van der Waals surface area contributed by atoms with Crippen LogP contribution in [0.3, 0.4) is 0 Å². The first kappa shape index (κ1) is 16.7. The Kier molecular flexibility index (Phi) is 4.25. The van der Waals surface area contributed by atoms with E-state index in [1.807, 2.05) is 12.1 Å². The van der Waals surface area contributed by atoms with Crippen LogP contribution >= 0.6 is 0 Å². The molecule has 4 rings (SSSR count). The molecule has 0 saturated heterocycles. The number of H-pyrrole nitrogens is 1. The van der Waals surface area contributed by atoms with Gasteiger partial charge in [0.05, 0.1) is 24.1 Å². The predicted molar refractivity (Wildman–Crippen MR) is 101 cm³/mol. The number of nitrogen functional groups attached to an aromatic ring is 1. The molecule has 27 heavy (non-hydrogen) atoms. The molecule has 134 valence electrons. The summed E-state index contributed by atoms with van der Waals surface area (Å²) in [5.41, 5.74) is 9.11. The van der Waals surface area contributed by atoms with Gasteiger partial charge in [0.1, 0.15) is 11.6 Å². The van der Waals surface area contributed by atoms with Crippen LogP contribution in [0.1, 0.15) is 0 Å². The van der Waals surface area contributed by atoms with Crippen molar-refractivity contribution in [1.82, 2.24) is 19.9 Å². The smallest absolute Gasteiger partial charge is 0.166 e.